The second kappa shape index (κ2) is 7.04. The van der Waals surface area contributed by atoms with Crippen molar-refractivity contribution in [1.29, 1.82) is 0 Å². The number of amides is 1. The molecule has 2 N–H and O–H groups in total. The van der Waals surface area contributed by atoms with Crippen LogP contribution >= 0.6 is 11.6 Å². The van der Waals surface area contributed by atoms with Crippen LogP contribution in [0.3, 0.4) is 0 Å². The third kappa shape index (κ3) is 3.70. The van der Waals surface area contributed by atoms with Crippen molar-refractivity contribution in [2.75, 3.05) is 13.2 Å². The van der Waals surface area contributed by atoms with Gasteiger partial charge in [0.05, 0.1) is 0 Å². The number of aryl methyl sites for hydroxylation is 1. The van der Waals surface area contributed by atoms with E-state index in [0.717, 1.165) is 31.4 Å². The minimum atomic E-state index is -0.118. The van der Waals surface area contributed by atoms with Crippen molar-refractivity contribution in [3.63, 3.8) is 0 Å². The Labute approximate surface area is 124 Å². The molecule has 2 unspecified atom stereocenters. The second-order valence-corrected chi connectivity index (χ2v) is 5.75. The van der Waals surface area contributed by atoms with Crippen molar-refractivity contribution in [3.05, 3.63) is 28.5 Å². The fourth-order valence-electron chi connectivity index (χ4n) is 2.81. The minimum absolute atomic E-state index is 0.118. The van der Waals surface area contributed by atoms with Gasteiger partial charge in [-0.1, -0.05) is 24.9 Å². The van der Waals surface area contributed by atoms with E-state index in [1.165, 1.54) is 0 Å². The monoisotopic (exact) mass is 296 g/mol. The van der Waals surface area contributed by atoms with E-state index >= 15 is 0 Å². The second-order valence-electron chi connectivity index (χ2n) is 5.37. The highest BCUT2D eigenvalue weighted by Gasteiger charge is 2.26. The van der Waals surface area contributed by atoms with Crippen molar-refractivity contribution < 1.29 is 9.90 Å². The molecule has 1 aliphatic rings. The fourth-order valence-corrected chi connectivity index (χ4v) is 3.04. The van der Waals surface area contributed by atoms with Crippen LogP contribution in [0, 0.1) is 11.8 Å². The largest absolute Gasteiger partial charge is 0.396 e. The molecule has 110 valence electrons. The third-order valence-corrected chi connectivity index (χ3v) is 4.24. The Morgan fingerprint density at radius 2 is 2.20 bits per heavy atom. The smallest absolute Gasteiger partial charge is 0.251 e. The molecular weight excluding hydrogens is 276 g/mol. The van der Waals surface area contributed by atoms with Gasteiger partial charge in [0.1, 0.15) is 5.15 Å². The topological polar surface area (TPSA) is 62.2 Å². The molecule has 4 nitrogen and oxygen atoms in total. The zero-order valence-corrected chi connectivity index (χ0v) is 12.5. The molecular formula is C15H21ClN2O2. The number of halogens is 1. The lowest BCUT2D eigenvalue weighted by molar-refractivity contribution is 0.0937. The summed E-state index contributed by atoms with van der Waals surface area (Å²) in [6, 6.07) is 3.37. The molecule has 1 fully saturated rings. The zero-order valence-electron chi connectivity index (χ0n) is 11.7. The molecule has 1 aromatic rings. The average molecular weight is 297 g/mol. The molecule has 2 rings (SSSR count). The number of pyridine rings is 1. The molecule has 0 aromatic carbocycles. The molecule has 2 atom stereocenters. The Balaban J connectivity index is 1.96. The highest BCUT2D eigenvalue weighted by Crippen LogP contribution is 2.30. The lowest BCUT2D eigenvalue weighted by Gasteiger charge is -2.17. The Morgan fingerprint density at radius 3 is 2.90 bits per heavy atom. The molecule has 0 bridgehead atoms. The van der Waals surface area contributed by atoms with Crippen LogP contribution in [0.4, 0.5) is 0 Å². The normalized spacial score (nSPS) is 21.9. The number of nitrogens with one attached hydrogen (secondary N) is 1. The van der Waals surface area contributed by atoms with Crippen LogP contribution in [-0.4, -0.2) is 29.1 Å². The van der Waals surface area contributed by atoms with Crippen LogP contribution in [0.2, 0.25) is 5.15 Å². The lowest BCUT2D eigenvalue weighted by atomic mass is 9.97. The first kappa shape index (κ1) is 15.3. The molecule has 1 aromatic heterocycles. The SMILES string of the molecule is CCc1cc(C(=O)NCC2CCCC2CO)cc(Cl)n1. The van der Waals surface area contributed by atoms with E-state index in [-0.39, 0.29) is 12.5 Å². The molecule has 1 aliphatic carbocycles. The molecule has 5 heteroatoms. The van der Waals surface area contributed by atoms with Crippen molar-refractivity contribution >= 4 is 17.5 Å². The van der Waals surface area contributed by atoms with Crippen molar-refractivity contribution in [2.45, 2.75) is 32.6 Å². The standard InChI is InChI=1S/C15H21ClN2O2/c1-2-13-6-12(7-14(16)18-13)15(20)17-8-10-4-3-5-11(10)9-19/h6-7,10-11,19H,2-5,8-9H2,1H3,(H,17,20). The predicted octanol–water partition coefficient (Wildman–Crippen LogP) is 2.44. The van der Waals surface area contributed by atoms with Gasteiger partial charge in [0, 0.05) is 24.4 Å². The minimum Gasteiger partial charge on any atom is -0.396 e. The molecule has 1 heterocycles. The van der Waals surface area contributed by atoms with E-state index in [9.17, 15) is 9.90 Å². The fraction of sp³-hybridized carbons (Fsp3) is 0.600. The number of aliphatic hydroxyl groups excluding tert-OH is 1. The highest BCUT2D eigenvalue weighted by molar-refractivity contribution is 6.29. The van der Waals surface area contributed by atoms with Crippen LogP contribution in [0.15, 0.2) is 12.1 Å². The van der Waals surface area contributed by atoms with Gasteiger partial charge < -0.3 is 10.4 Å². The first-order chi connectivity index (χ1) is 9.63. The number of nitrogens with zero attached hydrogens (tertiary/aromatic N) is 1. The number of rotatable bonds is 5. The van der Waals surface area contributed by atoms with Crippen LogP contribution in [0.25, 0.3) is 0 Å². The maximum atomic E-state index is 12.2. The summed E-state index contributed by atoms with van der Waals surface area (Å²) < 4.78 is 0. The van der Waals surface area contributed by atoms with Gasteiger partial charge in [-0.3, -0.25) is 4.79 Å². The predicted molar refractivity (Wildman–Crippen MR) is 78.9 cm³/mol. The van der Waals surface area contributed by atoms with Crippen LogP contribution in [-0.2, 0) is 6.42 Å². The van der Waals surface area contributed by atoms with Crippen molar-refractivity contribution in [2.24, 2.45) is 11.8 Å². The lowest BCUT2D eigenvalue weighted by Crippen LogP contribution is -2.31. The number of aliphatic hydroxyl groups is 1. The molecule has 20 heavy (non-hydrogen) atoms. The van der Waals surface area contributed by atoms with Gasteiger partial charge in [0.15, 0.2) is 0 Å². The highest BCUT2D eigenvalue weighted by atomic mass is 35.5. The Kier molecular flexibility index (Phi) is 5.38. The summed E-state index contributed by atoms with van der Waals surface area (Å²) in [6.45, 7) is 2.80. The van der Waals surface area contributed by atoms with Gasteiger partial charge >= 0.3 is 0 Å². The molecule has 0 spiro atoms. The average Bonchev–Trinajstić information content (AvgIpc) is 2.91. The third-order valence-electron chi connectivity index (χ3n) is 4.05. The van der Waals surface area contributed by atoms with E-state index < -0.39 is 0 Å². The van der Waals surface area contributed by atoms with E-state index in [1.54, 1.807) is 12.1 Å². The van der Waals surface area contributed by atoms with E-state index in [0.29, 0.717) is 29.1 Å². The summed E-state index contributed by atoms with van der Waals surface area (Å²) in [5.74, 6) is 0.585. The van der Waals surface area contributed by atoms with Crippen molar-refractivity contribution in [1.82, 2.24) is 10.3 Å². The first-order valence-corrected chi connectivity index (χ1v) is 7.57. The Morgan fingerprint density at radius 1 is 1.45 bits per heavy atom. The summed E-state index contributed by atoms with van der Waals surface area (Å²) in [5, 5.41) is 12.6. The Bertz CT molecular complexity index is 479. The number of carbonyl (C=O) groups is 1. The van der Waals surface area contributed by atoms with Crippen molar-refractivity contribution in [3.8, 4) is 0 Å². The summed E-state index contributed by atoms with van der Waals surface area (Å²) in [7, 11) is 0. The van der Waals surface area contributed by atoms with E-state index in [1.807, 2.05) is 6.92 Å². The zero-order chi connectivity index (χ0) is 14.5. The first-order valence-electron chi connectivity index (χ1n) is 7.19. The van der Waals surface area contributed by atoms with Crippen LogP contribution in [0.1, 0.15) is 42.2 Å². The number of carbonyl (C=O) groups excluding carboxylic acids is 1. The molecule has 0 radical (unpaired) electrons. The maximum absolute atomic E-state index is 12.2. The summed E-state index contributed by atoms with van der Waals surface area (Å²) in [6.07, 6.45) is 4.00. The number of aromatic nitrogens is 1. The number of hydrogen-bond acceptors (Lipinski definition) is 3. The van der Waals surface area contributed by atoms with E-state index in [2.05, 4.69) is 10.3 Å². The van der Waals surface area contributed by atoms with E-state index in [4.69, 9.17) is 11.6 Å². The summed E-state index contributed by atoms with van der Waals surface area (Å²) >= 11 is 5.92. The summed E-state index contributed by atoms with van der Waals surface area (Å²) in [4.78, 5) is 16.3. The van der Waals surface area contributed by atoms with Gasteiger partial charge in [-0.25, -0.2) is 4.98 Å². The van der Waals surface area contributed by atoms with Gasteiger partial charge in [-0.05, 0) is 43.2 Å². The van der Waals surface area contributed by atoms with Gasteiger partial charge in [-0.15, -0.1) is 0 Å². The van der Waals surface area contributed by atoms with Gasteiger partial charge in [0.25, 0.3) is 5.91 Å². The van der Waals surface area contributed by atoms with Gasteiger partial charge in [0.2, 0.25) is 0 Å². The quantitative estimate of drug-likeness (QED) is 0.820. The van der Waals surface area contributed by atoms with Crippen LogP contribution < -0.4 is 5.32 Å². The molecule has 1 saturated carbocycles. The number of hydrogen-bond donors (Lipinski definition) is 2. The molecule has 1 amide bonds. The molecule has 0 saturated heterocycles. The van der Waals surface area contributed by atoms with Gasteiger partial charge in [-0.2, -0.15) is 0 Å². The maximum Gasteiger partial charge on any atom is 0.251 e. The summed E-state index contributed by atoms with van der Waals surface area (Å²) in [5.41, 5.74) is 1.37. The van der Waals surface area contributed by atoms with Crippen LogP contribution in [0.5, 0.6) is 0 Å². The molecule has 0 aliphatic heterocycles. The Hall–Kier alpha value is -1.13.